The quantitative estimate of drug-likeness (QED) is 0.160. The maximum Gasteiger partial charge on any atom is 0.354 e. The fourth-order valence-electron chi connectivity index (χ4n) is 3.87. The number of esters is 4. The summed E-state index contributed by atoms with van der Waals surface area (Å²) in [5.41, 5.74) is 2.54. The van der Waals surface area contributed by atoms with Crippen molar-refractivity contribution in [1.29, 1.82) is 0 Å². The second kappa shape index (κ2) is 16.7. The van der Waals surface area contributed by atoms with Crippen LogP contribution in [0, 0.1) is 19.9 Å². The van der Waals surface area contributed by atoms with Gasteiger partial charge in [-0.3, -0.25) is 14.8 Å². The molecule has 2 aromatic carbocycles. The minimum Gasteiger partial charge on any atom is -0.500 e. The molecule has 241 valence electrons. The van der Waals surface area contributed by atoms with Gasteiger partial charge in [0, 0.05) is 32.0 Å². The first-order valence-corrected chi connectivity index (χ1v) is 13.0. The normalized spacial score (nSPS) is 9.87. The fraction of sp³-hybridized carbons (Fsp3) is 0.188. The zero-order valence-corrected chi connectivity index (χ0v) is 27.9. The van der Waals surface area contributed by atoms with Crippen LogP contribution in [0.5, 0.6) is 0 Å². The zero-order valence-electron chi connectivity index (χ0n) is 25.5. The van der Waals surface area contributed by atoms with Gasteiger partial charge in [-0.1, -0.05) is 11.6 Å². The van der Waals surface area contributed by atoms with Crippen molar-refractivity contribution >= 4 is 29.8 Å². The van der Waals surface area contributed by atoms with E-state index in [1.165, 1.54) is 71.0 Å². The molecule has 13 nitrogen and oxygen atoms in total. The number of carboxylic acids is 1. The number of hydrogen-bond acceptors (Lipinski definition) is 12. The number of pyridine rings is 1. The molecule has 2 aromatic heterocycles. The number of carboxylic acid groups (broad SMARTS) is 1. The Balaban J connectivity index is 0.000000633. The summed E-state index contributed by atoms with van der Waals surface area (Å²) in [6.45, 7) is 3.49. The van der Waals surface area contributed by atoms with Crippen LogP contribution >= 0.6 is 0 Å². The number of aromatic carboxylic acids is 1. The summed E-state index contributed by atoms with van der Waals surface area (Å²) in [6, 6.07) is 14.7. The van der Waals surface area contributed by atoms with Gasteiger partial charge >= 0.3 is 23.9 Å². The Morgan fingerprint density at radius 3 is 1.61 bits per heavy atom. The number of aryl methyl sites for hydroxylation is 2. The van der Waals surface area contributed by atoms with Gasteiger partial charge in [0.05, 0.1) is 56.6 Å². The van der Waals surface area contributed by atoms with Crippen molar-refractivity contribution in [3.8, 4) is 22.5 Å². The number of hydrogen-bond donors (Lipinski definition) is 1. The Hall–Kier alpha value is -5.33. The van der Waals surface area contributed by atoms with Crippen LogP contribution in [0.25, 0.3) is 22.5 Å². The molecule has 0 aliphatic rings. The molecule has 0 spiro atoms. The monoisotopic (exact) mass is 807 g/mol. The van der Waals surface area contributed by atoms with Crippen LogP contribution in [-0.2, 0) is 39.1 Å². The molecule has 4 rings (SSSR count). The molecule has 0 aliphatic carbocycles. The van der Waals surface area contributed by atoms with Gasteiger partial charge in [-0.2, -0.15) is 0 Å². The van der Waals surface area contributed by atoms with E-state index in [-0.39, 0.29) is 65.0 Å². The average Bonchev–Trinajstić information content (AvgIpc) is 3.07. The first-order valence-electron chi connectivity index (χ1n) is 13.0. The van der Waals surface area contributed by atoms with Gasteiger partial charge in [0.1, 0.15) is 5.69 Å². The minimum absolute atomic E-state index is 0. The van der Waals surface area contributed by atoms with Gasteiger partial charge in [-0.25, -0.2) is 24.2 Å². The van der Waals surface area contributed by atoms with Gasteiger partial charge in [0.25, 0.3) is 5.97 Å². The number of rotatable bonds is 7. The van der Waals surface area contributed by atoms with Gasteiger partial charge in [0.15, 0.2) is 0 Å². The molecular weight excluding hydrogens is 779 g/mol. The summed E-state index contributed by atoms with van der Waals surface area (Å²) in [5.74, 6) is -3.74. The van der Waals surface area contributed by atoms with Crippen LogP contribution < -0.4 is 0 Å². The molecule has 1 radical (unpaired) electrons. The predicted molar refractivity (Wildman–Crippen MR) is 158 cm³/mol. The van der Waals surface area contributed by atoms with Crippen molar-refractivity contribution in [2.24, 2.45) is 0 Å². The molecule has 14 heteroatoms. The van der Waals surface area contributed by atoms with Crippen molar-refractivity contribution in [2.45, 2.75) is 13.8 Å². The zero-order chi connectivity index (χ0) is 33.3. The maximum absolute atomic E-state index is 12.3. The second-order valence-electron chi connectivity index (χ2n) is 9.07. The molecule has 0 saturated carbocycles. The number of nitrogens with zero attached hydrogens (tertiary/aromatic N) is 3. The van der Waals surface area contributed by atoms with Crippen LogP contribution in [0.3, 0.4) is 0 Å². The van der Waals surface area contributed by atoms with Crippen molar-refractivity contribution < 1.29 is 68.1 Å². The van der Waals surface area contributed by atoms with E-state index in [2.05, 4.69) is 21.0 Å². The number of aromatic nitrogens is 3. The fourth-order valence-corrected chi connectivity index (χ4v) is 3.87. The number of benzene rings is 2. The topological polar surface area (TPSA) is 181 Å². The summed E-state index contributed by atoms with van der Waals surface area (Å²) in [6.07, 6.45) is 1.45. The van der Waals surface area contributed by atoms with E-state index in [4.69, 9.17) is 24.1 Å². The van der Waals surface area contributed by atoms with Gasteiger partial charge < -0.3 is 24.1 Å². The number of carbonyl (C=O) groups is 5. The number of carbonyl (C=O) groups excluding carboxylic acids is 4. The van der Waals surface area contributed by atoms with E-state index in [0.717, 1.165) is 0 Å². The van der Waals surface area contributed by atoms with Crippen LogP contribution in [0.2, 0.25) is 0 Å². The number of methoxy groups -OCH3 is 4. The Labute approximate surface area is 277 Å². The van der Waals surface area contributed by atoms with Crippen molar-refractivity contribution in [3.63, 3.8) is 0 Å². The summed E-state index contributed by atoms with van der Waals surface area (Å²) in [5, 5.41) is 8.32. The Morgan fingerprint density at radius 1 is 0.674 bits per heavy atom. The molecule has 0 atom stereocenters. The standard InChI is InChI=1S/C26H23N2O8.C6H5NO2.Ir/c1-13-14(2)28-22(16-9-19(25(31)35-5)12-20(10-16)26(32)36-6)21(27-13)15-7-17(23(29)33-3)11-18(8-15)24(30)34-4;8-6(9)5-3-1-2-4-7-5;/h7-9,11-12H,1-6H3;1-4H,(H,8,9);/q-1;;. The first-order chi connectivity index (χ1) is 21.4. The second-order valence-corrected chi connectivity index (χ2v) is 9.07. The van der Waals surface area contributed by atoms with E-state index >= 15 is 0 Å². The molecule has 0 amide bonds. The summed E-state index contributed by atoms with van der Waals surface area (Å²) < 4.78 is 19.3. The predicted octanol–water partition coefficient (Wildman–Crippen LogP) is 4.15. The number of ether oxygens (including phenoxy) is 4. The molecule has 1 N–H and O–H groups in total. The molecule has 0 fully saturated rings. The SMILES string of the molecule is COC(=O)c1[c-]c(-c2nc(C)c(C)nc2-c2cc(C(=O)OC)cc(C(=O)OC)c2)cc(C(=O)OC)c1.O=C(O)c1ccccn1.[Ir]. The molecule has 0 unspecified atom stereocenters. The van der Waals surface area contributed by atoms with E-state index in [9.17, 15) is 24.0 Å². The maximum atomic E-state index is 12.3. The van der Waals surface area contributed by atoms with Gasteiger partial charge in [-0.05, 0) is 60.9 Å². The van der Waals surface area contributed by atoms with Crippen molar-refractivity contribution in [1.82, 2.24) is 15.0 Å². The first kappa shape index (κ1) is 36.9. The molecule has 0 aliphatic heterocycles. The van der Waals surface area contributed by atoms with Crippen molar-refractivity contribution in [3.05, 3.63) is 100 Å². The van der Waals surface area contributed by atoms with E-state index in [1.807, 2.05) is 0 Å². The third-order valence-electron chi connectivity index (χ3n) is 6.19. The summed E-state index contributed by atoms with van der Waals surface area (Å²) in [7, 11) is 4.85. The van der Waals surface area contributed by atoms with Crippen LogP contribution in [0.15, 0.2) is 54.7 Å². The molecule has 4 aromatic rings. The van der Waals surface area contributed by atoms with E-state index < -0.39 is 29.8 Å². The van der Waals surface area contributed by atoms with Crippen LogP contribution in [0.4, 0.5) is 0 Å². The van der Waals surface area contributed by atoms with Crippen LogP contribution in [-0.4, -0.2) is 78.3 Å². The summed E-state index contributed by atoms with van der Waals surface area (Å²) >= 11 is 0. The third kappa shape index (κ3) is 8.87. The van der Waals surface area contributed by atoms with Crippen LogP contribution in [0.1, 0.15) is 63.3 Å². The Bertz CT molecular complexity index is 1600. The molecule has 0 bridgehead atoms. The smallest absolute Gasteiger partial charge is 0.354 e. The molecule has 46 heavy (non-hydrogen) atoms. The minimum atomic E-state index is -0.990. The van der Waals surface area contributed by atoms with E-state index in [0.29, 0.717) is 17.0 Å². The Morgan fingerprint density at radius 2 is 1.17 bits per heavy atom. The summed E-state index contributed by atoms with van der Waals surface area (Å²) in [4.78, 5) is 72.2. The molecule has 2 heterocycles. The Kier molecular flexibility index (Phi) is 13.3. The molecular formula is C32H28IrN3O10-. The average molecular weight is 807 g/mol. The van der Waals surface area contributed by atoms with Gasteiger partial charge in [0.2, 0.25) is 0 Å². The van der Waals surface area contributed by atoms with E-state index in [1.54, 1.807) is 26.0 Å². The molecule has 0 saturated heterocycles. The largest absolute Gasteiger partial charge is 0.500 e. The third-order valence-corrected chi connectivity index (χ3v) is 6.19. The van der Waals surface area contributed by atoms with Gasteiger partial charge in [-0.15, -0.1) is 18.2 Å². The van der Waals surface area contributed by atoms with Crippen molar-refractivity contribution in [2.75, 3.05) is 28.4 Å².